The molecular formula is C14H12F2O2S2. The maximum absolute atomic E-state index is 13.0. The van der Waals surface area contributed by atoms with Crippen LogP contribution >= 0.6 is 11.3 Å². The fraction of sp³-hybridized carbons (Fsp3) is 0.214. The van der Waals surface area contributed by atoms with E-state index in [4.69, 9.17) is 0 Å². The second kappa shape index (κ2) is 6.85. The highest BCUT2D eigenvalue weighted by molar-refractivity contribution is 7.85. The largest absolute Gasteiger partial charge is 0.293 e. The van der Waals surface area contributed by atoms with Crippen molar-refractivity contribution in [2.45, 2.75) is 17.7 Å². The number of carbonyl (C=O) groups is 1. The number of thiophene rings is 1. The minimum atomic E-state index is -1.42. The number of hydrogen-bond donors (Lipinski definition) is 0. The molecule has 1 heterocycles. The third-order valence-electron chi connectivity index (χ3n) is 2.68. The van der Waals surface area contributed by atoms with Crippen LogP contribution in [0.3, 0.4) is 0 Å². The average Bonchev–Trinajstić information content (AvgIpc) is 2.95. The Morgan fingerprint density at radius 1 is 1.20 bits per heavy atom. The van der Waals surface area contributed by atoms with Gasteiger partial charge < -0.3 is 0 Å². The lowest BCUT2D eigenvalue weighted by Crippen LogP contribution is -2.03. The van der Waals surface area contributed by atoms with E-state index in [1.807, 2.05) is 5.38 Å². The van der Waals surface area contributed by atoms with Gasteiger partial charge in [0.25, 0.3) is 0 Å². The van der Waals surface area contributed by atoms with E-state index in [1.54, 1.807) is 12.1 Å². The first-order valence-corrected chi connectivity index (χ1v) is 8.18. The zero-order valence-electron chi connectivity index (χ0n) is 10.5. The SMILES string of the molecule is O=C(CCCS(=O)c1ccc(F)c(F)c1)c1cccs1. The van der Waals surface area contributed by atoms with Crippen LogP contribution < -0.4 is 0 Å². The molecule has 0 spiro atoms. The topological polar surface area (TPSA) is 34.1 Å². The Bertz CT molecular complexity index is 624. The van der Waals surface area contributed by atoms with Gasteiger partial charge in [0.05, 0.1) is 15.7 Å². The van der Waals surface area contributed by atoms with Gasteiger partial charge in [0.15, 0.2) is 17.4 Å². The fourth-order valence-electron chi connectivity index (χ4n) is 1.66. The number of halogens is 2. The maximum Gasteiger partial charge on any atom is 0.172 e. The van der Waals surface area contributed by atoms with Crippen molar-refractivity contribution in [2.75, 3.05) is 5.75 Å². The number of benzene rings is 1. The summed E-state index contributed by atoms with van der Waals surface area (Å²) in [7, 11) is -1.42. The quantitative estimate of drug-likeness (QED) is 0.760. The minimum Gasteiger partial charge on any atom is -0.293 e. The Balaban J connectivity index is 1.86. The third-order valence-corrected chi connectivity index (χ3v) is 5.03. The van der Waals surface area contributed by atoms with E-state index in [0.29, 0.717) is 17.7 Å². The third kappa shape index (κ3) is 3.80. The monoisotopic (exact) mass is 314 g/mol. The molecule has 0 aliphatic heterocycles. The molecule has 0 fully saturated rings. The van der Waals surface area contributed by atoms with E-state index in [-0.39, 0.29) is 16.4 Å². The minimum absolute atomic E-state index is 0.0160. The lowest BCUT2D eigenvalue weighted by Gasteiger charge is -2.02. The first-order valence-electron chi connectivity index (χ1n) is 5.98. The summed E-state index contributed by atoms with van der Waals surface area (Å²) in [5, 5.41) is 1.83. The predicted molar refractivity (Wildman–Crippen MR) is 75.5 cm³/mol. The summed E-state index contributed by atoms with van der Waals surface area (Å²) >= 11 is 1.37. The van der Waals surface area contributed by atoms with Crippen molar-refractivity contribution in [1.29, 1.82) is 0 Å². The van der Waals surface area contributed by atoms with E-state index in [0.717, 1.165) is 12.1 Å². The van der Waals surface area contributed by atoms with Crippen LogP contribution in [-0.2, 0) is 10.8 Å². The standard InChI is InChI=1S/C14H12F2O2S2/c15-11-6-5-10(9-12(11)16)20(18)8-2-3-13(17)14-4-1-7-19-14/h1,4-7,9H,2-3,8H2. The van der Waals surface area contributed by atoms with E-state index < -0.39 is 22.4 Å². The number of rotatable bonds is 6. The summed E-state index contributed by atoms with van der Waals surface area (Å²) in [6.07, 6.45) is 0.748. The second-order valence-corrected chi connectivity index (χ2v) is 6.65. The highest BCUT2D eigenvalue weighted by Gasteiger charge is 2.11. The molecule has 1 aromatic carbocycles. The Morgan fingerprint density at radius 2 is 2.00 bits per heavy atom. The van der Waals surface area contributed by atoms with E-state index >= 15 is 0 Å². The van der Waals surface area contributed by atoms with Crippen LogP contribution in [0.15, 0.2) is 40.6 Å². The van der Waals surface area contributed by atoms with Gasteiger partial charge in [-0.15, -0.1) is 11.3 Å². The molecule has 106 valence electrons. The molecule has 0 N–H and O–H groups in total. The van der Waals surface area contributed by atoms with Gasteiger partial charge in [-0.25, -0.2) is 8.78 Å². The number of ketones is 1. The summed E-state index contributed by atoms with van der Waals surface area (Å²) in [6.45, 7) is 0. The van der Waals surface area contributed by atoms with Crippen molar-refractivity contribution in [3.8, 4) is 0 Å². The van der Waals surface area contributed by atoms with Crippen LogP contribution in [0.4, 0.5) is 8.78 Å². The normalized spacial score (nSPS) is 12.3. The van der Waals surface area contributed by atoms with E-state index in [1.165, 1.54) is 17.4 Å². The zero-order chi connectivity index (χ0) is 14.5. The summed E-state index contributed by atoms with van der Waals surface area (Å²) in [6, 6.07) is 6.75. The molecule has 1 aromatic heterocycles. The molecule has 0 bridgehead atoms. The first kappa shape index (κ1) is 15.0. The van der Waals surface area contributed by atoms with Crippen molar-refractivity contribution >= 4 is 27.9 Å². The molecule has 0 radical (unpaired) electrons. The summed E-state index contributed by atoms with van der Waals surface area (Å²) in [5.74, 6) is -1.70. The molecule has 2 aromatic rings. The van der Waals surface area contributed by atoms with Crippen LogP contribution in [0.5, 0.6) is 0 Å². The van der Waals surface area contributed by atoms with Crippen LogP contribution in [0.2, 0.25) is 0 Å². The van der Waals surface area contributed by atoms with Gasteiger partial charge >= 0.3 is 0 Å². The molecule has 0 saturated carbocycles. The number of hydrogen-bond acceptors (Lipinski definition) is 3. The molecule has 2 rings (SSSR count). The van der Waals surface area contributed by atoms with Gasteiger partial charge in [-0.2, -0.15) is 0 Å². The number of carbonyl (C=O) groups excluding carboxylic acids is 1. The van der Waals surface area contributed by atoms with Gasteiger partial charge in [-0.1, -0.05) is 6.07 Å². The lowest BCUT2D eigenvalue weighted by atomic mass is 10.2. The Kier molecular flexibility index (Phi) is 5.14. The highest BCUT2D eigenvalue weighted by atomic mass is 32.2. The van der Waals surface area contributed by atoms with Crippen LogP contribution in [0, 0.1) is 11.6 Å². The average molecular weight is 314 g/mol. The molecular weight excluding hydrogens is 302 g/mol. The van der Waals surface area contributed by atoms with Crippen molar-refractivity contribution in [3.63, 3.8) is 0 Å². The van der Waals surface area contributed by atoms with Gasteiger partial charge in [0.1, 0.15) is 0 Å². The Morgan fingerprint density at radius 3 is 2.65 bits per heavy atom. The van der Waals surface area contributed by atoms with Crippen molar-refractivity contribution in [1.82, 2.24) is 0 Å². The molecule has 0 amide bonds. The van der Waals surface area contributed by atoms with Crippen LogP contribution in [0.1, 0.15) is 22.5 Å². The fourth-order valence-corrected chi connectivity index (χ4v) is 3.45. The Hall–Kier alpha value is -1.40. The summed E-state index contributed by atoms with van der Waals surface area (Å²) in [5.41, 5.74) is 0. The van der Waals surface area contributed by atoms with Crippen molar-refractivity contribution < 1.29 is 17.8 Å². The van der Waals surface area contributed by atoms with Gasteiger partial charge in [0.2, 0.25) is 0 Å². The van der Waals surface area contributed by atoms with E-state index in [9.17, 15) is 17.8 Å². The predicted octanol–water partition coefficient (Wildman–Crippen LogP) is 3.80. The summed E-state index contributed by atoms with van der Waals surface area (Å²) in [4.78, 5) is 12.7. The van der Waals surface area contributed by atoms with E-state index in [2.05, 4.69) is 0 Å². The highest BCUT2D eigenvalue weighted by Crippen LogP contribution is 2.15. The molecule has 20 heavy (non-hydrogen) atoms. The molecule has 0 aliphatic rings. The zero-order valence-corrected chi connectivity index (χ0v) is 12.1. The Labute approximate surface area is 121 Å². The molecule has 2 nitrogen and oxygen atoms in total. The number of Topliss-reactive ketones (excluding diaryl/α,β-unsaturated/α-hetero) is 1. The van der Waals surface area contributed by atoms with Crippen molar-refractivity contribution in [2.24, 2.45) is 0 Å². The van der Waals surface area contributed by atoms with Gasteiger partial charge in [-0.3, -0.25) is 9.00 Å². The molecule has 0 aliphatic carbocycles. The molecule has 0 saturated heterocycles. The first-order chi connectivity index (χ1) is 9.58. The lowest BCUT2D eigenvalue weighted by molar-refractivity contribution is 0.0986. The van der Waals surface area contributed by atoms with Gasteiger partial charge in [0, 0.05) is 17.1 Å². The smallest absolute Gasteiger partial charge is 0.172 e. The van der Waals surface area contributed by atoms with Crippen molar-refractivity contribution in [3.05, 3.63) is 52.2 Å². The van der Waals surface area contributed by atoms with Crippen LogP contribution in [-0.4, -0.2) is 15.7 Å². The second-order valence-electron chi connectivity index (χ2n) is 4.13. The van der Waals surface area contributed by atoms with Gasteiger partial charge in [-0.05, 0) is 36.1 Å². The summed E-state index contributed by atoms with van der Waals surface area (Å²) < 4.78 is 37.7. The molecule has 6 heteroatoms. The molecule has 1 unspecified atom stereocenters. The van der Waals surface area contributed by atoms with Crippen LogP contribution in [0.25, 0.3) is 0 Å². The maximum atomic E-state index is 13.0. The molecule has 1 atom stereocenters.